The van der Waals surface area contributed by atoms with Gasteiger partial charge in [-0.3, -0.25) is 4.31 Å². The fourth-order valence-electron chi connectivity index (χ4n) is 2.28. The summed E-state index contributed by atoms with van der Waals surface area (Å²) in [6.45, 7) is 1.74. The zero-order chi connectivity index (χ0) is 18.6. The molecule has 0 spiro atoms. The summed E-state index contributed by atoms with van der Waals surface area (Å²) < 4.78 is 27.2. The minimum absolute atomic E-state index is 0.0244. The molecule has 0 saturated carbocycles. The first kappa shape index (κ1) is 18.8. The molecule has 25 heavy (non-hydrogen) atoms. The van der Waals surface area contributed by atoms with Crippen LogP contribution < -0.4 is 4.31 Å². The molecule has 8 heteroatoms. The second-order valence-corrected chi connectivity index (χ2v) is 7.51. The Balaban J connectivity index is 2.61. The van der Waals surface area contributed by atoms with Crippen LogP contribution >= 0.6 is 11.6 Å². The highest BCUT2D eigenvalue weighted by Crippen LogP contribution is 2.30. The van der Waals surface area contributed by atoms with Gasteiger partial charge >= 0.3 is 5.97 Å². The molecule has 2 aromatic carbocycles. The number of aromatic carboxylic acids is 1. The van der Waals surface area contributed by atoms with E-state index in [-0.39, 0.29) is 28.4 Å². The molecule has 1 N–H and O–H groups in total. The molecule has 0 aromatic heterocycles. The van der Waals surface area contributed by atoms with Crippen LogP contribution in [-0.2, 0) is 10.0 Å². The van der Waals surface area contributed by atoms with Gasteiger partial charge in [-0.1, -0.05) is 23.7 Å². The summed E-state index contributed by atoms with van der Waals surface area (Å²) in [5.74, 6) is -1.26. The minimum Gasteiger partial charge on any atom is -0.478 e. The van der Waals surface area contributed by atoms with E-state index in [1.165, 1.54) is 12.1 Å². The van der Waals surface area contributed by atoms with E-state index >= 15 is 0 Å². The number of carboxylic acids is 1. The number of nitriles is 1. The second-order valence-electron chi connectivity index (χ2n) is 5.27. The van der Waals surface area contributed by atoms with Gasteiger partial charge in [0.1, 0.15) is 4.90 Å². The van der Waals surface area contributed by atoms with Gasteiger partial charge < -0.3 is 5.11 Å². The van der Waals surface area contributed by atoms with Crippen LogP contribution in [-0.4, -0.2) is 26.0 Å². The van der Waals surface area contributed by atoms with E-state index < -0.39 is 16.0 Å². The van der Waals surface area contributed by atoms with E-state index in [4.69, 9.17) is 22.0 Å². The molecule has 0 bridgehead atoms. The van der Waals surface area contributed by atoms with Crippen molar-refractivity contribution in [2.24, 2.45) is 0 Å². The third-order valence-corrected chi connectivity index (χ3v) is 5.77. The maximum Gasteiger partial charge on any atom is 0.335 e. The number of carboxylic acid groups (broad SMARTS) is 1. The van der Waals surface area contributed by atoms with E-state index in [9.17, 15) is 13.2 Å². The Morgan fingerprint density at radius 1 is 1.28 bits per heavy atom. The molecule has 0 aliphatic rings. The molecule has 6 nitrogen and oxygen atoms in total. The predicted octanol–water partition coefficient (Wildman–Crippen LogP) is 3.46. The highest BCUT2D eigenvalue weighted by molar-refractivity contribution is 7.93. The van der Waals surface area contributed by atoms with Gasteiger partial charge in [0, 0.05) is 6.54 Å². The topological polar surface area (TPSA) is 98.5 Å². The van der Waals surface area contributed by atoms with Crippen LogP contribution in [0.3, 0.4) is 0 Å². The van der Waals surface area contributed by atoms with Crippen molar-refractivity contribution < 1.29 is 18.3 Å². The summed E-state index contributed by atoms with van der Waals surface area (Å²) in [7, 11) is -4.14. The van der Waals surface area contributed by atoms with Gasteiger partial charge in [-0.25, -0.2) is 13.2 Å². The quantitative estimate of drug-likeness (QED) is 0.829. The molecule has 0 aliphatic carbocycles. The van der Waals surface area contributed by atoms with Crippen LogP contribution in [0.15, 0.2) is 47.4 Å². The van der Waals surface area contributed by atoms with Crippen molar-refractivity contribution in [1.29, 1.82) is 5.26 Å². The van der Waals surface area contributed by atoms with E-state index in [0.29, 0.717) is 5.69 Å². The average molecular weight is 379 g/mol. The maximum atomic E-state index is 13.1. The van der Waals surface area contributed by atoms with Gasteiger partial charge in [-0.15, -0.1) is 0 Å². The number of sulfonamides is 1. The molecule has 0 amide bonds. The van der Waals surface area contributed by atoms with Crippen molar-refractivity contribution in [3.8, 4) is 6.07 Å². The van der Waals surface area contributed by atoms with Crippen LogP contribution in [0.25, 0.3) is 0 Å². The summed E-state index contributed by atoms with van der Waals surface area (Å²) in [5.41, 5.74) is 1.04. The molecule has 0 saturated heterocycles. The first-order valence-electron chi connectivity index (χ1n) is 7.26. The van der Waals surface area contributed by atoms with Crippen LogP contribution in [0.1, 0.15) is 22.3 Å². The highest BCUT2D eigenvalue weighted by Gasteiger charge is 2.28. The lowest BCUT2D eigenvalue weighted by Crippen LogP contribution is -2.32. The van der Waals surface area contributed by atoms with Crippen LogP contribution in [0, 0.1) is 18.3 Å². The van der Waals surface area contributed by atoms with Crippen molar-refractivity contribution in [1.82, 2.24) is 0 Å². The maximum absolute atomic E-state index is 13.1. The molecule has 0 atom stereocenters. The molecule has 130 valence electrons. The van der Waals surface area contributed by atoms with Gasteiger partial charge in [0.2, 0.25) is 0 Å². The lowest BCUT2D eigenvalue weighted by Gasteiger charge is -2.24. The molecule has 0 radical (unpaired) electrons. The van der Waals surface area contributed by atoms with Crippen molar-refractivity contribution in [2.75, 3.05) is 10.8 Å². The third-order valence-electron chi connectivity index (χ3n) is 3.46. The van der Waals surface area contributed by atoms with E-state index in [1.807, 2.05) is 19.1 Å². The van der Waals surface area contributed by atoms with E-state index in [2.05, 4.69) is 0 Å². The molecular weight excluding hydrogens is 364 g/mol. The van der Waals surface area contributed by atoms with E-state index in [0.717, 1.165) is 15.9 Å². The normalized spacial score (nSPS) is 10.9. The molecule has 0 aliphatic heterocycles. The minimum atomic E-state index is -4.14. The lowest BCUT2D eigenvalue weighted by atomic mass is 10.2. The number of hydrogen-bond donors (Lipinski definition) is 1. The number of anilines is 1. The first-order valence-corrected chi connectivity index (χ1v) is 9.08. The van der Waals surface area contributed by atoms with Gasteiger partial charge in [0.15, 0.2) is 0 Å². The standard InChI is InChI=1S/C17H15ClN2O4S/c1-12-4-2-5-14(10-12)20(9-3-8-19)25(23,24)16-11-13(17(21)22)6-7-15(16)18/h2,4-7,10-11H,3,9H2,1H3,(H,21,22). The monoisotopic (exact) mass is 378 g/mol. The summed E-state index contributed by atoms with van der Waals surface area (Å²) in [6.07, 6.45) is -0.0244. The first-order chi connectivity index (χ1) is 11.8. The Morgan fingerprint density at radius 2 is 2.00 bits per heavy atom. The largest absolute Gasteiger partial charge is 0.478 e. The van der Waals surface area contributed by atoms with Crippen molar-refractivity contribution in [2.45, 2.75) is 18.2 Å². The smallest absolute Gasteiger partial charge is 0.335 e. The number of halogens is 1. The number of hydrogen-bond acceptors (Lipinski definition) is 4. The van der Waals surface area contributed by atoms with Crippen molar-refractivity contribution >= 4 is 33.3 Å². The van der Waals surface area contributed by atoms with Gasteiger partial charge in [0.05, 0.1) is 28.8 Å². The molecule has 0 heterocycles. The Kier molecular flexibility index (Phi) is 5.67. The fraction of sp³-hybridized carbons (Fsp3) is 0.176. The molecular formula is C17H15ClN2O4S. The number of rotatable bonds is 6. The average Bonchev–Trinajstić information content (AvgIpc) is 2.55. The Labute approximate surface area is 150 Å². The second kappa shape index (κ2) is 7.55. The zero-order valence-electron chi connectivity index (χ0n) is 13.3. The van der Waals surface area contributed by atoms with E-state index in [1.54, 1.807) is 18.2 Å². The van der Waals surface area contributed by atoms with Gasteiger partial charge in [-0.05, 0) is 42.8 Å². The lowest BCUT2D eigenvalue weighted by molar-refractivity contribution is 0.0696. The van der Waals surface area contributed by atoms with Gasteiger partial charge in [0.25, 0.3) is 10.0 Å². The predicted molar refractivity (Wildman–Crippen MR) is 94.4 cm³/mol. The molecule has 2 rings (SSSR count). The number of aryl methyl sites for hydroxylation is 1. The summed E-state index contributed by atoms with van der Waals surface area (Å²) in [6, 6.07) is 12.2. The summed E-state index contributed by atoms with van der Waals surface area (Å²) >= 11 is 6.02. The number of nitrogens with zero attached hydrogens (tertiary/aromatic N) is 2. The Hall–Kier alpha value is -2.56. The Bertz CT molecular complexity index is 951. The van der Waals surface area contributed by atoms with Gasteiger partial charge in [-0.2, -0.15) is 5.26 Å². The number of carbonyl (C=O) groups is 1. The SMILES string of the molecule is Cc1cccc(N(CCC#N)S(=O)(=O)c2cc(C(=O)O)ccc2Cl)c1. The molecule has 0 unspecified atom stereocenters. The highest BCUT2D eigenvalue weighted by atomic mass is 35.5. The number of benzene rings is 2. The zero-order valence-corrected chi connectivity index (χ0v) is 14.9. The van der Waals surface area contributed by atoms with Crippen LogP contribution in [0.4, 0.5) is 5.69 Å². The van der Waals surface area contributed by atoms with Crippen molar-refractivity contribution in [3.05, 3.63) is 58.6 Å². The van der Waals surface area contributed by atoms with Crippen molar-refractivity contribution in [3.63, 3.8) is 0 Å². The fourth-order valence-corrected chi connectivity index (χ4v) is 4.24. The van der Waals surface area contributed by atoms with Crippen LogP contribution in [0.2, 0.25) is 5.02 Å². The summed E-state index contributed by atoms with van der Waals surface area (Å²) in [5, 5.41) is 17.9. The summed E-state index contributed by atoms with van der Waals surface area (Å²) in [4.78, 5) is 10.8. The molecule has 0 fully saturated rings. The third kappa shape index (κ3) is 4.10. The van der Waals surface area contributed by atoms with Crippen LogP contribution in [0.5, 0.6) is 0 Å². The molecule has 2 aromatic rings. The Morgan fingerprint density at radius 3 is 2.60 bits per heavy atom.